The number of rotatable bonds is 2. The molecule has 0 radical (unpaired) electrons. The molecule has 0 saturated heterocycles. The Morgan fingerprint density at radius 1 is 1.57 bits per heavy atom. The Morgan fingerprint density at radius 2 is 2.14 bits per heavy atom. The van der Waals surface area contributed by atoms with Crippen LogP contribution in [0.5, 0.6) is 0 Å². The first-order valence-corrected chi connectivity index (χ1v) is 4.56. The summed E-state index contributed by atoms with van der Waals surface area (Å²) in [5, 5.41) is 13.0. The zero-order valence-corrected chi connectivity index (χ0v) is 9.03. The highest BCUT2D eigenvalue weighted by molar-refractivity contribution is 5.85. The molecule has 0 atom stereocenters. The minimum absolute atomic E-state index is 0.129. The van der Waals surface area contributed by atoms with Gasteiger partial charge in [0.2, 0.25) is 0 Å². The first-order chi connectivity index (χ1) is 6.29. The average Bonchev–Trinajstić information content (AvgIpc) is 2.26. The molecule has 1 aromatic heterocycles. The molecule has 0 unspecified atom stereocenters. The van der Waals surface area contributed by atoms with Crippen molar-refractivity contribution in [3.8, 4) is 0 Å². The van der Waals surface area contributed by atoms with Gasteiger partial charge in [0.15, 0.2) is 0 Å². The van der Waals surface area contributed by atoms with Crippen molar-refractivity contribution in [3.05, 3.63) is 17.5 Å². The van der Waals surface area contributed by atoms with Gasteiger partial charge in [-0.15, -0.1) is 0 Å². The molecule has 0 aliphatic heterocycles. The van der Waals surface area contributed by atoms with Crippen molar-refractivity contribution >= 4 is 5.97 Å². The number of carbonyl (C=O) groups is 1. The summed E-state index contributed by atoms with van der Waals surface area (Å²) >= 11 is 0. The molecule has 0 saturated carbocycles. The van der Waals surface area contributed by atoms with Crippen LogP contribution in [0.3, 0.4) is 0 Å². The third-order valence-electron chi connectivity index (χ3n) is 1.86. The lowest BCUT2D eigenvalue weighted by Gasteiger charge is -2.15. The third kappa shape index (κ3) is 2.58. The zero-order valence-electron chi connectivity index (χ0n) is 9.03. The number of aromatic nitrogens is 2. The van der Waals surface area contributed by atoms with E-state index < -0.39 is 5.97 Å². The second-order valence-corrected chi connectivity index (χ2v) is 4.69. The maximum atomic E-state index is 10.7. The molecule has 0 spiro atoms. The van der Waals surface area contributed by atoms with Crippen molar-refractivity contribution < 1.29 is 9.90 Å². The Bertz CT molecular complexity index is 347. The maximum Gasteiger partial charge on any atom is 0.354 e. The number of hydrogen-bond acceptors (Lipinski definition) is 2. The van der Waals surface area contributed by atoms with E-state index in [1.807, 2.05) is 0 Å². The molecule has 1 heterocycles. The van der Waals surface area contributed by atoms with Crippen molar-refractivity contribution in [3.63, 3.8) is 0 Å². The number of aryl methyl sites for hydroxylation is 1. The predicted molar refractivity (Wildman–Crippen MR) is 53.3 cm³/mol. The molecular formula is C10H16N2O2. The first-order valence-electron chi connectivity index (χ1n) is 4.56. The van der Waals surface area contributed by atoms with Gasteiger partial charge >= 0.3 is 5.97 Å². The second-order valence-electron chi connectivity index (χ2n) is 4.69. The molecule has 0 aromatic carbocycles. The second kappa shape index (κ2) is 3.44. The van der Waals surface area contributed by atoms with E-state index in [-0.39, 0.29) is 11.1 Å². The van der Waals surface area contributed by atoms with Gasteiger partial charge in [0.1, 0.15) is 5.69 Å². The Morgan fingerprint density at radius 3 is 2.50 bits per heavy atom. The summed E-state index contributed by atoms with van der Waals surface area (Å²) < 4.78 is 1.41. The van der Waals surface area contributed by atoms with E-state index in [1.54, 1.807) is 13.1 Å². The summed E-state index contributed by atoms with van der Waals surface area (Å²) in [5.74, 6) is -0.930. The van der Waals surface area contributed by atoms with Crippen LogP contribution in [0.1, 0.15) is 37.0 Å². The van der Waals surface area contributed by atoms with Gasteiger partial charge in [-0.25, -0.2) is 4.79 Å². The number of carboxylic acid groups (broad SMARTS) is 1. The lowest BCUT2D eigenvalue weighted by Crippen LogP contribution is -2.09. The minimum Gasteiger partial charge on any atom is -0.477 e. The smallest absolute Gasteiger partial charge is 0.354 e. The molecule has 0 fully saturated rings. The van der Waals surface area contributed by atoms with Crippen LogP contribution < -0.4 is 0 Å². The lowest BCUT2D eigenvalue weighted by molar-refractivity contribution is 0.0685. The van der Waals surface area contributed by atoms with Crippen LogP contribution in [0.15, 0.2) is 6.07 Å². The van der Waals surface area contributed by atoms with Crippen molar-refractivity contribution in [2.24, 2.45) is 12.5 Å². The number of hydrogen-bond donors (Lipinski definition) is 1. The Hall–Kier alpha value is -1.32. The molecule has 0 aliphatic carbocycles. The van der Waals surface area contributed by atoms with E-state index in [1.165, 1.54) is 4.68 Å². The Labute approximate surface area is 83.5 Å². The van der Waals surface area contributed by atoms with E-state index in [0.717, 1.165) is 12.1 Å². The topological polar surface area (TPSA) is 55.1 Å². The molecule has 14 heavy (non-hydrogen) atoms. The predicted octanol–water partition coefficient (Wildman–Crippen LogP) is 1.71. The highest BCUT2D eigenvalue weighted by atomic mass is 16.4. The summed E-state index contributed by atoms with van der Waals surface area (Å²) in [6.45, 7) is 6.30. The Balaban J connectivity index is 2.92. The van der Waals surface area contributed by atoms with E-state index in [0.29, 0.717) is 0 Å². The fraction of sp³-hybridized carbons (Fsp3) is 0.600. The van der Waals surface area contributed by atoms with Crippen LogP contribution in [0.4, 0.5) is 0 Å². The molecule has 0 aliphatic rings. The van der Waals surface area contributed by atoms with Gasteiger partial charge in [0.05, 0.1) is 5.69 Å². The lowest BCUT2D eigenvalue weighted by atomic mass is 9.90. The number of aromatic carboxylic acids is 1. The summed E-state index contributed by atoms with van der Waals surface area (Å²) in [4.78, 5) is 10.7. The fourth-order valence-corrected chi connectivity index (χ4v) is 1.36. The maximum absolute atomic E-state index is 10.7. The van der Waals surface area contributed by atoms with Gasteiger partial charge in [-0.05, 0) is 17.9 Å². The minimum atomic E-state index is -0.930. The SMILES string of the molecule is Cn1nc(CC(C)(C)C)cc1C(=O)O. The van der Waals surface area contributed by atoms with E-state index in [4.69, 9.17) is 5.11 Å². The Kier molecular flexibility index (Phi) is 2.64. The van der Waals surface area contributed by atoms with Crippen LogP contribution in [0.2, 0.25) is 0 Å². The van der Waals surface area contributed by atoms with Gasteiger partial charge in [-0.2, -0.15) is 5.10 Å². The quantitative estimate of drug-likeness (QED) is 0.783. The van der Waals surface area contributed by atoms with Crippen molar-refractivity contribution in [1.82, 2.24) is 9.78 Å². The molecular weight excluding hydrogens is 180 g/mol. The standard InChI is InChI=1S/C10H16N2O2/c1-10(2,3)6-7-5-8(9(13)14)12(4)11-7/h5H,6H2,1-4H3,(H,13,14). The zero-order chi connectivity index (χ0) is 10.9. The highest BCUT2D eigenvalue weighted by Crippen LogP contribution is 2.20. The summed E-state index contributed by atoms with van der Waals surface area (Å²) in [6.07, 6.45) is 0.786. The molecule has 1 aromatic rings. The van der Waals surface area contributed by atoms with Gasteiger partial charge in [0, 0.05) is 7.05 Å². The van der Waals surface area contributed by atoms with E-state index in [9.17, 15) is 4.79 Å². The largest absolute Gasteiger partial charge is 0.477 e. The van der Waals surface area contributed by atoms with Crippen LogP contribution in [0, 0.1) is 5.41 Å². The number of carboxylic acids is 1. The monoisotopic (exact) mass is 196 g/mol. The highest BCUT2D eigenvalue weighted by Gasteiger charge is 2.17. The van der Waals surface area contributed by atoms with Gasteiger partial charge in [-0.3, -0.25) is 4.68 Å². The number of nitrogens with zero attached hydrogens (tertiary/aromatic N) is 2. The van der Waals surface area contributed by atoms with E-state index in [2.05, 4.69) is 25.9 Å². The molecule has 0 bridgehead atoms. The third-order valence-corrected chi connectivity index (χ3v) is 1.86. The normalized spacial score (nSPS) is 11.7. The summed E-state index contributed by atoms with van der Waals surface area (Å²) in [5.41, 5.74) is 1.20. The van der Waals surface area contributed by atoms with Crippen molar-refractivity contribution in [2.75, 3.05) is 0 Å². The molecule has 78 valence electrons. The van der Waals surface area contributed by atoms with Crippen LogP contribution in [-0.2, 0) is 13.5 Å². The van der Waals surface area contributed by atoms with E-state index >= 15 is 0 Å². The first kappa shape index (κ1) is 10.8. The summed E-state index contributed by atoms with van der Waals surface area (Å²) in [7, 11) is 1.65. The van der Waals surface area contributed by atoms with Crippen LogP contribution in [0.25, 0.3) is 0 Å². The molecule has 1 rings (SSSR count). The van der Waals surface area contributed by atoms with Crippen LogP contribution >= 0.6 is 0 Å². The van der Waals surface area contributed by atoms with Gasteiger partial charge < -0.3 is 5.11 Å². The fourth-order valence-electron chi connectivity index (χ4n) is 1.36. The average molecular weight is 196 g/mol. The molecule has 0 amide bonds. The summed E-state index contributed by atoms with van der Waals surface area (Å²) in [6, 6.07) is 1.63. The van der Waals surface area contributed by atoms with Gasteiger partial charge in [-0.1, -0.05) is 20.8 Å². The molecule has 1 N–H and O–H groups in total. The van der Waals surface area contributed by atoms with Crippen molar-refractivity contribution in [1.29, 1.82) is 0 Å². The van der Waals surface area contributed by atoms with Crippen molar-refractivity contribution in [2.45, 2.75) is 27.2 Å². The van der Waals surface area contributed by atoms with Gasteiger partial charge in [0.25, 0.3) is 0 Å². The van der Waals surface area contributed by atoms with Crippen LogP contribution in [-0.4, -0.2) is 20.9 Å². The molecule has 4 nitrogen and oxygen atoms in total. The molecule has 4 heteroatoms.